The summed E-state index contributed by atoms with van der Waals surface area (Å²) < 4.78 is 0. The predicted octanol–water partition coefficient (Wildman–Crippen LogP) is 5.83. The second kappa shape index (κ2) is 6.01. The Morgan fingerprint density at radius 1 is 1.04 bits per heavy atom. The van der Waals surface area contributed by atoms with Crippen LogP contribution in [0.2, 0.25) is 19.6 Å². The molecule has 0 radical (unpaired) electrons. The Balaban J connectivity index is 2.29. The molecule has 120 valence electrons. The largest absolute Gasteiger partial charge is 0.507 e. The minimum atomic E-state index is -1.60. The predicted molar refractivity (Wildman–Crippen MR) is 103 cm³/mol. The molecule has 0 saturated carbocycles. The smallest absolute Gasteiger partial charge is 0.126 e. The number of aromatic hydroxyl groups is 1. The molecule has 0 amide bonds. The molecule has 0 aliphatic heterocycles. The standard InChI is InChI=1S/C21H26OSi/c1-15(23(2,3)4)20-19(16-10-6-5-7-11-16)14-17-12-8-9-13-18(17)21(20)22/h5-7,10-11,14,22H,1,8-9,12-13H2,2-4H3. The zero-order valence-corrected chi connectivity index (χ0v) is 15.4. The molecule has 0 saturated heterocycles. The molecule has 2 aromatic rings. The molecule has 0 unspecified atom stereocenters. The lowest BCUT2D eigenvalue weighted by Crippen LogP contribution is -2.23. The average molecular weight is 323 g/mol. The van der Waals surface area contributed by atoms with Crippen LogP contribution in [0.15, 0.2) is 43.0 Å². The van der Waals surface area contributed by atoms with E-state index in [2.05, 4.69) is 56.6 Å². The zero-order chi connectivity index (χ0) is 16.6. The normalized spacial score (nSPS) is 14.4. The van der Waals surface area contributed by atoms with Crippen molar-refractivity contribution in [3.63, 3.8) is 0 Å². The van der Waals surface area contributed by atoms with Crippen LogP contribution in [-0.2, 0) is 12.8 Å². The van der Waals surface area contributed by atoms with E-state index in [1.165, 1.54) is 24.0 Å². The summed E-state index contributed by atoms with van der Waals surface area (Å²) in [5.74, 6) is 0.494. The van der Waals surface area contributed by atoms with Crippen molar-refractivity contribution in [2.24, 2.45) is 0 Å². The molecule has 0 heterocycles. The van der Waals surface area contributed by atoms with E-state index in [1.54, 1.807) is 0 Å². The van der Waals surface area contributed by atoms with E-state index < -0.39 is 8.07 Å². The van der Waals surface area contributed by atoms with Crippen LogP contribution in [0.5, 0.6) is 5.75 Å². The number of phenolic OH excluding ortho intramolecular Hbond substituents is 1. The van der Waals surface area contributed by atoms with Crippen molar-refractivity contribution in [3.8, 4) is 16.9 Å². The molecule has 0 aromatic heterocycles. The van der Waals surface area contributed by atoms with Crippen LogP contribution < -0.4 is 0 Å². The third kappa shape index (κ3) is 3.00. The van der Waals surface area contributed by atoms with Gasteiger partial charge in [-0.25, -0.2) is 0 Å². The first-order valence-corrected chi connectivity index (χ1v) is 12.0. The Morgan fingerprint density at radius 2 is 1.70 bits per heavy atom. The van der Waals surface area contributed by atoms with Crippen LogP contribution in [0.3, 0.4) is 0 Å². The third-order valence-corrected chi connectivity index (χ3v) is 6.97. The molecule has 0 atom stereocenters. The van der Waals surface area contributed by atoms with Crippen LogP contribution >= 0.6 is 0 Å². The van der Waals surface area contributed by atoms with Gasteiger partial charge in [-0.15, -0.1) is 0 Å². The topological polar surface area (TPSA) is 20.2 Å². The van der Waals surface area contributed by atoms with E-state index in [1.807, 2.05) is 6.07 Å². The van der Waals surface area contributed by atoms with Crippen molar-refractivity contribution in [3.05, 3.63) is 59.7 Å². The van der Waals surface area contributed by atoms with E-state index in [0.29, 0.717) is 5.75 Å². The number of phenols is 1. The van der Waals surface area contributed by atoms with E-state index in [0.717, 1.165) is 34.7 Å². The number of benzene rings is 2. The Hall–Kier alpha value is -1.80. The van der Waals surface area contributed by atoms with Crippen molar-refractivity contribution in [2.75, 3.05) is 0 Å². The van der Waals surface area contributed by atoms with Crippen LogP contribution in [0, 0.1) is 0 Å². The van der Waals surface area contributed by atoms with Crippen molar-refractivity contribution in [1.82, 2.24) is 0 Å². The van der Waals surface area contributed by atoms with Crippen molar-refractivity contribution in [1.29, 1.82) is 0 Å². The van der Waals surface area contributed by atoms with Gasteiger partial charge in [0.2, 0.25) is 0 Å². The highest BCUT2D eigenvalue weighted by atomic mass is 28.3. The molecule has 1 nitrogen and oxygen atoms in total. The number of fused-ring (bicyclic) bond motifs is 1. The van der Waals surface area contributed by atoms with Crippen LogP contribution in [0.1, 0.15) is 29.5 Å². The number of rotatable bonds is 3. The number of aryl methyl sites for hydroxylation is 1. The number of hydrogen-bond donors (Lipinski definition) is 1. The lowest BCUT2D eigenvalue weighted by Gasteiger charge is -2.27. The summed E-state index contributed by atoms with van der Waals surface area (Å²) >= 11 is 0. The van der Waals surface area contributed by atoms with Crippen LogP contribution in [-0.4, -0.2) is 13.2 Å². The van der Waals surface area contributed by atoms with E-state index >= 15 is 0 Å². The van der Waals surface area contributed by atoms with Gasteiger partial charge in [0.15, 0.2) is 0 Å². The molecule has 0 spiro atoms. The quantitative estimate of drug-likeness (QED) is 0.705. The first-order valence-electron chi connectivity index (χ1n) is 8.52. The van der Waals surface area contributed by atoms with Gasteiger partial charge >= 0.3 is 0 Å². The summed E-state index contributed by atoms with van der Waals surface area (Å²) in [4.78, 5) is 0. The molecule has 0 fully saturated rings. The highest BCUT2D eigenvalue weighted by Gasteiger charge is 2.27. The molecule has 3 rings (SSSR count). The second-order valence-electron chi connectivity index (χ2n) is 7.59. The average Bonchev–Trinajstić information content (AvgIpc) is 2.54. The van der Waals surface area contributed by atoms with Crippen LogP contribution in [0.25, 0.3) is 16.3 Å². The van der Waals surface area contributed by atoms with Crippen molar-refractivity contribution in [2.45, 2.75) is 45.3 Å². The fourth-order valence-electron chi connectivity index (χ4n) is 3.41. The summed E-state index contributed by atoms with van der Waals surface area (Å²) in [7, 11) is -1.60. The summed E-state index contributed by atoms with van der Waals surface area (Å²) in [5.41, 5.74) is 5.79. The lowest BCUT2D eigenvalue weighted by atomic mass is 9.85. The van der Waals surface area contributed by atoms with Crippen molar-refractivity contribution < 1.29 is 5.11 Å². The minimum Gasteiger partial charge on any atom is -0.507 e. The van der Waals surface area contributed by atoms with E-state index in [4.69, 9.17) is 0 Å². The van der Waals surface area contributed by atoms with Gasteiger partial charge in [0.05, 0.1) is 8.07 Å². The SMILES string of the molecule is C=C(c1c(-c2ccccc2)cc2c(c1O)CCCC2)[Si](C)(C)C. The maximum absolute atomic E-state index is 11.1. The molecular weight excluding hydrogens is 296 g/mol. The molecule has 23 heavy (non-hydrogen) atoms. The Bertz CT molecular complexity index is 739. The minimum absolute atomic E-state index is 0.494. The van der Waals surface area contributed by atoms with Gasteiger partial charge in [-0.2, -0.15) is 0 Å². The lowest BCUT2D eigenvalue weighted by molar-refractivity contribution is 0.461. The van der Waals surface area contributed by atoms with Gasteiger partial charge in [-0.3, -0.25) is 0 Å². The molecule has 1 aliphatic rings. The van der Waals surface area contributed by atoms with Crippen LogP contribution in [0.4, 0.5) is 0 Å². The van der Waals surface area contributed by atoms with Gasteiger partial charge < -0.3 is 5.11 Å². The maximum atomic E-state index is 11.1. The third-order valence-electron chi connectivity index (χ3n) is 4.91. The molecule has 2 aromatic carbocycles. The monoisotopic (exact) mass is 322 g/mol. The Morgan fingerprint density at radius 3 is 2.35 bits per heavy atom. The number of hydrogen-bond acceptors (Lipinski definition) is 1. The fraction of sp³-hybridized carbons (Fsp3) is 0.333. The Kier molecular flexibility index (Phi) is 4.20. The fourth-order valence-corrected chi connectivity index (χ4v) is 4.41. The van der Waals surface area contributed by atoms with E-state index in [9.17, 15) is 5.11 Å². The molecule has 2 heteroatoms. The Labute approximate surface area is 140 Å². The first-order chi connectivity index (χ1) is 10.9. The molecular formula is C21H26OSi. The highest BCUT2D eigenvalue weighted by Crippen LogP contribution is 2.44. The van der Waals surface area contributed by atoms with Gasteiger partial charge in [0.25, 0.3) is 0 Å². The summed E-state index contributed by atoms with van der Waals surface area (Å²) in [5, 5.41) is 12.2. The van der Waals surface area contributed by atoms with Gasteiger partial charge in [-0.05, 0) is 47.9 Å². The van der Waals surface area contributed by atoms with Crippen molar-refractivity contribution >= 4 is 13.3 Å². The molecule has 1 aliphatic carbocycles. The molecule has 1 N–H and O–H groups in total. The van der Waals surface area contributed by atoms with E-state index in [-0.39, 0.29) is 0 Å². The second-order valence-corrected chi connectivity index (χ2v) is 12.7. The molecule has 0 bridgehead atoms. The maximum Gasteiger partial charge on any atom is 0.126 e. The highest BCUT2D eigenvalue weighted by molar-refractivity contribution is 6.93. The van der Waals surface area contributed by atoms with Gasteiger partial charge in [-0.1, -0.05) is 67.8 Å². The summed E-state index contributed by atoms with van der Waals surface area (Å²) in [6.45, 7) is 11.3. The summed E-state index contributed by atoms with van der Waals surface area (Å²) in [6, 6.07) is 12.7. The first kappa shape index (κ1) is 16.1. The summed E-state index contributed by atoms with van der Waals surface area (Å²) in [6.07, 6.45) is 4.45. The van der Waals surface area contributed by atoms with Gasteiger partial charge in [0.1, 0.15) is 5.75 Å². The zero-order valence-electron chi connectivity index (χ0n) is 14.4. The van der Waals surface area contributed by atoms with Gasteiger partial charge in [0, 0.05) is 5.56 Å².